The van der Waals surface area contributed by atoms with E-state index >= 15 is 0 Å². The van der Waals surface area contributed by atoms with Gasteiger partial charge < -0.3 is 4.74 Å². The Morgan fingerprint density at radius 3 is 1.00 bits per heavy atom. The van der Waals surface area contributed by atoms with Gasteiger partial charge in [-0.3, -0.25) is 0 Å². The largest absolute Gasteiger partial charge is 0.457 e. The highest BCUT2D eigenvalue weighted by Crippen LogP contribution is 2.27. The summed E-state index contributed by atoms with van der Waals surface area (Å²) in [4.78, 5) is 0. The van der Waals surface area contributed by atoms with E-state index in [2.05, 4.69) is 48.5 Å². The van der Waals surface area contributed by atoms with Gasteiger partial charge in [-0.1, -0.05) is 84.9 Å². The summed E-state index contributed by atoms with van der Waals surface area (Å²) in [5.74, 6) is 1.68. The quantitative estimate of drug-likeness (QED) is 0.401. The van der Waals surface area contributed by atoms with Crippen molar-refractivity contribution in [2.45, 2.75) is 0 Å². The Labute approximate surface area is 148 Å². The van der Waals surface area contributed by atoms with Gasteiger partial charge in [0.1, 0.15) is 11.5 Å². The Morgan fingerprint density at radius 1 is 0.320 bits per heavy atom. The van der Waals surface area contributed by atoms with Crippen LogP contribution in [0.1, 0.15) is 0 Å². The van der Waals surface area contributed by atoms with Gasteiger partial charge in [0.25, 0.3) is 0 Å². The van der Waals surface area contributed by atoms with Crippen LogP contribution in [0.25, 0.3) is 22.3 Å². The number of benzene rings is 4. The van der Waals surface area contributed by atoms with Crippen molar-refractivity contribution in [3.8, 4) is 33.8 Å². The van der Waals surface area contributed by atoms with E-state index in [4.69, 9.17) is 4.74 Å². The van der Waals surface area contributed by atoms with Crippen molar-refractivity contribution in [1.29, 1.82) is 0 Å². The fraction of sp³-hybridized carbons (Fsp3) is 0. The van der Waals surface area contributed by atoms with Gasteiger partial charge in [-0.25, -0.2) is 0 Å². The van der Waals surface area contributed by atoms with Crippen LogP contribution in [0.5, 0.6) is 11.5 Å². The van der Waals surface area contributed by atoms with E-state index in [1.54, 1.807) is 0 Å². The molecule has 0 N–H and O–H groups in total. The predicted octanol–water partition coefficient (Wildman–Crippen LogP) is 6.81. The highest BCUT2D eigenvalue weighted by atomic mass is 16.5. The van der Waals surface area contributed by atoms with Crippen molar-refractivity contribution < 1.29 is 4.74 Å². The molecule has 0 atom stereocenters. The zero-order chi connectivity index (χ0) is 16.9. The Hall–Kier alpha value is -3.32. The average Bonchev–Trinajstić information content (AvgIpc) is 2.71. The molecule has 0 saturated heterocycles. The fourth-order valence-electron chi connectivity index (χ4n) is 2.83. The molecular weight excluding hydrogens is 304 g/mol. The van der Waals surface area contributed by atoms with Gasteiger partial charge >= 0.3 is 0 Å². The van der Waals surface area contributed by atoms with Crippen LogP contribution >= 0.6 is 0 Å². The summed E-state index contributed by atoms with van der Waals surface area (Å²) in [5, 5.41) is 0. The van der Waals surface area contributed by atoms with Crippen LogP contribution in [0, 0.1) is 0 Å². The van der Waals surface area contributed by atoms with Gasteiger partial charge in [0, 0.05) is 0 Å². The molecule has 0 bridgehead atoms. The summed E-state index contributed by atoms with van der Waals surface area (Å²) in [6.45, 7) is 0. The molecule has 4 rings (SSSR count). The number of hydrogen-bond acceptors (Lipinski definition) is 1. The maximum Gasteiger partial charge on any atom is 0.127 e. The molecule has 0 saturated carbocycles. The minimum atomic E-state index is 0.840. The third kappa shape index (κ3) is 3.61. The normalized spacial score (nSPS) is 10.4. The molecule has 1 nitrogen and oxygen atoms in total. The predicted molar refractivity (Wildman–Crippen MR) is 104 cm³/mol. The lowest BCUT2D eigenvalue weighted by molar-refractivity contribution is 0.483. The summed E-state index contributed by atoms with van der Waals surface area (Å²) >= 11 is 0. The number of ether oxygens (including phenoxy) is 1. The van der Waals surface area contributed by atoms with Crippen molar-refractivity contribution in [3.63, 3.8) is 0 Å². The van der Waals surface area contributed by atoms with Gasteiger partial charge in [0.15, 0.2) is 0 Å². The maximum atomic E-state index is 5.96. The van der Waals surface area contributed by atoms with Crippen molar-refractivity contribution >= 4 is 0 Å². The second-order valence-corrected chi connectivity index (χ2v) is 5.88. The number of rotatable bonds is 4. The van der Waals surface area contributed by atoms with Gasteiger partial charge in [-0.05, 0) is 46.5 Å². The summed E-state index contributed by atoms with van der Waals surface area (Å²) in [7, 11) is 0. The molecule has 120 valence electrons. The molecule has 0 spiro atoms. The molecular formula is C24H18O. The van der Waals surface area contributed by atoms with Crippen LogP contribution < -0.4 is 4.74 Å². The van der Waals surface area contributed by atoms with Gasteiger partial charge in [0.05, 0.1) is 0 Å². The molecule has 0 unspecified atom stereocenters. The molecule has 4 aromatic rings. The molecule has 0 heterocycles. The van der Waals surface area contributed by atoms with Crippen molar-refractivity contribution in [2.24, 2.45) is 0 Å². The second-order valence-electron chi connectivity index (χ2n) is 5.88. The summed E-state index contributed by atoms with van der Waals surface area (Å²) in [6, 6.07) is 37.1. The molecule has 0 fully saturated rings. The minimum absolute atomic E-state index is 0.840. The molecule has 0 aliphatic carbocycles. The molecule has 0 amide bonds. The molecule has 25 heavy (non-hydrogen) atoms. The highest BCUT2D eigenvalue weighted by molar-refractivity contribution is 5.65. The number of hydrogen-bond donors (Lipinski definition) is 0. The van der Waals surface area contributed by atoms with Crippen molar-refractivity contribution in [1.82, 2.24) is 0 Å². The van der Waals surface area contributed by atoms with E-state index < -0.39 is 0 Å². The first kappa shape index (κ1) is 15.2. The van der Waals surface area contributed by atoms with Gasteiger partial charge in [-0.2, -0.15) is 0 Å². The van der Waals surface area contributed by atoms with E-state index in [-0.39, 0.29) is 0 Å². The Balaban J connectivity index is 1.49. The van der Waals surface area contributed by atoms with E-state index in [1.165, 1.54) is 22.3 Å². The first-order valence-corrected chi connectivity index (χ1v) is 8.37. The SMILES string of the molecule is c1ccc(-c2ccc(Oc3ccc(-c4ccccc4)cc3)cc2)cc1. The van der Waals surface area contributed by atoms with Crippen LogP contribution in [0.2, 0.25) is 0 Å². The van der Waals surface area contributed by atoms with Crippen LogP contribution in [0.4, 0.5) is 0 Å². The molecule has 0 radical (unpaired) electrons. The van der Waals surface area contributed by atoms with Crippen molar-refractivity contribution in [3.05, 3.63) is 109 Å². The van der Waals surface area contributed by atoms with Crippen LogP contribution in [-0.4, -0.2) is 0 Å². The maximum absolute atomic E-state index is 5.96. The Kier molecular flexibility index (Phi) is 4.30. The van der Waals surface area contributed by atoms with E-state index in [1.807, 2.05) is 60.7 Å². The van der Waals surface area contributed by atoms with E-state index in [0.717, 1.165) is 11.5 Å². The first-order chi connectivity index (χ1) is 12.4. The van der Waals surface area contributed by atoms with E-state index in [0.29, 0.717) is 0 Å². The summed E-state index contributed by atoms with van der Waals surface area (Å²) in [6.07, 6.45) is 0. The zero-order valence-electron chi connectivity index (χ0n) is 13.8. The van der Waals surface area contributed by atoms with Crippen molar-refractivity contribution in [2.75, 3.05) is 0 Å². The lowest BCUT2D eigenvalue weighted by Crippen LogP contribution is -1.85. The third-order valence-electron chi connectivity index (χ3n) is 4.16. The molecule has 1 heteroatoms. The Bertz CT molecular complexity index is 844. The van der Waals surface area contributed by atoms with Gasteiger partial charge in [-0.15, -0.1) is 0 Å². The average molecular weight is 322 g/mol. The van der Waals surface area contributed by atoms with Crippen LogP contribution in [0.3, 0.4) is 0 Å². The van der Waals surface area contributed by atoms with Crippen LogP contribution in [0.15, 0.2) is 109 Å². The Morgan fingerprint density at radius 2 is 0.640 bits per heavy atom. The van der Waals surface area contributed by atoms with Gasteiger partial charge in [0.2, 0.25) is 0 Å². The minimum Gasteiger partial charge on any atom is -0.457 e. The standard InChI is InChI=1S/C24H18O/c1-3-7-19(8-4-1)21-11-15-23(16-12-21)25-24-17-13-22(14-18-24)20-9-5-2-6-10-20/h1-18H. The van der Waals surface area contributed by atoms with E-state index in [9.17, 15) is 0 Å². The lowest BCUT2D eigenvalue weighted by Gasteiger charge is -2.08. The summed E-state index contributed by atoms with van der Waals surface area (Å²) in [5.41, 5.74) is 4.79. The molecule has 4 aromatic carbocycles. The molecule has 0 aliphatic heterocycles. The smallest absolute Gasteiger partial charge is 0.127 e. The topological polar surface area (TPSA) is 9.23 Å². The highest BCUT2D eigenvalue weighted by Gasteiger charge is 2.01. The molecule has 0 aliphatic rings. The summed E-state index contributed by atoms with van der Waals surface area (Å²) < 4.78 is 5.96. The third-order valence-corrected chi connectivity index (χ3v) is 4.16. The zero-order valence-corrected chi connectivity index (χ0v) is 13.8. The monoisotopic (exact) mass is 322 g/mol. The molecule has 0 aromatic heterocycles. The van der Waals surface area contributed by atoms with Crippen LogP contribution in [-0.2, 0) is 0 Å². The first-order valence-electron chi connectivity index (χ1n) is 8.37. The fourth-order valence-corrected chi connectivity index (χ4v) is 2.83. The second kappa shape index (κ2) is 7.06. The lowest BCUT2D eigenvalue weighted by atomic mass is 10.1.